The van der Waals surface area contributed by atoms with E-state index in [-0.39, 0.29) is 0 Å². The van der Waals surface area contributed by atoms with Gasteiger partial charge >= 0.3 is 0 Å². The van der Waals surface area contributed by atoms with E-state index in [1.165, 1.54) is 4.88 Å². The van der Waals surface area contributed by atoms with Crippen molar-refractivity contribution in [2.24, 2.45) is 0 Å². The fraction of sp³-hybridized carbons (Fsp3) is 0.235. The molecule has 0 bridgehead atoms. The van der Waals surface area contributed by atoms with Crippen molar-refractivity contribution in [1.29, 1.82) is 0 Å². The van der Waals surface area contributed by atoms with Gasteiger partial charge in [0.1, 0.15) is 17.2 Å². The van der Waals surface area contributed by atoms with Crippen molar-refractivity contribution in [2.45, 2.75) is 26.4 Å². The van der Waals surface area contributed by atoms with Crippen molar-refractivity contribution < 1.29 is 0 Å². The largest absolute Gasteiger partial charge is 0.323 e. The van der Waals surface area contributed by atoms with Gasteiger partial charge in [0.25, 0.3) is 0 Å². The number of aromatic nitrogens is 5. The summed E-state index contributed by atoms with van der Waals surface area (Å²) in [5.41, 5.74) is 1.91. The molecule has 0 amide bonds. The van der Waals surface area contributed by atoms with E-state index in [2.05, 4.69) is 43.5 Å². The molecule has 4 aromatic heterocycles. The summed E-state index contributed by atoms with van der Waals surface area (Å²) in [5, 5.41) is 2.07. The fourth-order valence-electron chi connectivity index (χ4n) is 2.80. The molecular formula is C17H17N5S. The lowest BCUT2D eigenvalue weighted by atomic mass is 10.4. The molecule has 4 aromatic rings. The lowest BCUT2D eigenvalue weighted by molar-refractivity contribution is 0.624. The van der Waals surface area contributed by atoms with Gasteiger partial charge in [0, 0.05) is 25.1 Å². The van der Waals surface area contributed by atoms with Crippen LogP contribution in [0.5, 0.6) is 0 Å². The third-order valence-corrected chi connectivity index (χ3v) is 4.66. The average Bonchev–Trinajstić information content (AvgIpc) is 3.28. The van der Waals surface area contributed by atoms with Crippen LogP contribution >= 0.6 is 11.3 Å². The van der Waals surface area contributed by atoms with Crippen LogP contribution < -0.4 is 0 Å². The molecule has 0 aromatic carbocycles. The zero-order chi connectivity index (χ0) is 15.6. The number of rotatable bonds is 5. The highest BCUT2D eigenvalue weighted by Crippen LogP contribution is 2.24. The molecule has 4 heterocycles. The summed E-state index contributed by atoms with van der Waals surface area (Å²) in [7, 11) is 0. The van der Waals surface area contributed by atoms with E-state index < -0.39 is 0 Å². The number of hydrogen-bond donors (Lipinski definition) is 0. The van der Waals surface area contributed by atoms with Gasteiger partial charge in [0.2, 0.25) is 0 Å². The highest BCUT2D eigenvalue weighted by atomic mass is 32.1. The summed E-state index contributed by atoms with van der Waals surface area (Å²) >= 11 is 1.70. The number of hydrogen-bond acceptors (Lipinski definition) is 4. The van der Waals surface area contributed by atoms with Crippen LogP contribution in [0.15, 0.2) is 48.2 Å². The molecule has 0 atom stereocenters. The molecule has 0 aliphatic heterocycles. The standard InChI is InChI=1S/C17H17N5S/c1-2-9-22-15(20-13-5-3-7-18-16(13)22)12-21-10-8-19-17(21)14-6-4-11-23-14/h3-8,10-11H,2,9,12H2,1H3. The second-order valence-corrected chi connectivity index (χ2v) is 6.33. The van der Waals surface area contributed by atoms with E-state index in [1.807, 2.05) is 30.7 Å². The highest BCUT2D eigenvalue weighted by molar-refractivity contribution is 7.13. The third kappa shape index (κ3) is 2.55. The van der Waals surface area contributed by atoms with Crippen LogP contribution in [0.4, 0.5) is 0 Å². The van der Waals surface area contributed by atoms with E-state index in [0.29, 0.717) is 6.54 Å². The number of aryl methyl sites for hydroxylation is 1. The van der Waals surface area contributed by atoms with Crippen LogP contribution in [0.3, 0.4) is 0 Å². The van der Waals surface area contributed by atoms with Crippen molar-refractivity contribution in [2.75, 3.05) is 0 Å². The number of fused-ring (bicyclic) bond motifs is 1. The predicted molar refractivity (Wildman–Crippen MR) is 92.5 cm³/mol. The van der Waals surface area contributed by atoms with E-state index >= 15 is 0 Å². The van der Waals surface area contributed by atoms with Crippen LogP contribution in [-0.4, -0.2) is 24.1 Å². The molecule has 0 fully saturated rings. The Bertz CT molecular complexity index is 920. The first kappa shape index (κ1) is 14.1. The van der Waals surface area contributed by atoms with E-state index in [1.54, 1.807) is 11.3 Å². The van der Waals surface area contributed by atoms with Gasteiger partial charge in [-0.25, -0.2) is 15.0 Å². The van der Waals surface area contributed by atoms with Gasteiger partial charge in [-0.2, -0.15) is 0 Å². The maximum Gasteiger partial charge on any atom is 0.160 e. The fourth-order valence-corrected chi connectivity index (χ4v) is 3.54. The zero-order valence-electron chi connectivity index (χ0n) is 12.9. The summed E-state index contributed by atoms with van der Waals surface area (Å²) in [4.78, 5) is 15.0. The summed E-state index contributed by atoms with van der Waals surface area (Å²) in [6, 6.07) is 8.10. The first-order valence-electron chi connectivity index (χ1n) is 7.72. The summed E-state index contributed by atoms with van der Waals surface area (Å²) in [6.45, 7) is 3.79. The molecular weight excluding hydrogens is 306 g/mol. The minimum atomic E-state index is 0.698. The Morgan fingerprint density at radius 1 is 1.13 bits per heavy atom. The molecule has 0 unspecified atom stereocenters. The number of imidazole rings is 2. The van der Waals surface area contributed by atoms with Gasteiger partial charge < -0.3 is 9.13 Å². The Morgan fingerprint density at radius 3 is 2.91 bits per heavy atom. The van der Waals surface area contributed by atoms with Crippen LogP contribution in [0, 0.1) is 0 Å². The second kappa shape index (κ2) is 5.96. The minimum absolute atomic E-state index is 0.698. The first-order chi connectivity index (χ1) is 11.4. The molecule has 23 heavy (non-hydrogen) atoms. The minimum Gasteiger partial charge on any atom is -0.323 e. The van der Waals surface area contributed by atoms with E-state index in [9.17, 15) is 0 Å². The lowest BCUT2D eigenvalue weighted by Gasteiger charge is -2.09. The smallest absolute Gasteiger partial charge is 0.160 e. The Kier molecular flexibility index (Phi) is 3.67. The molecule has 0 N–H and O–H groups in total. The van der Waals surface area contributed by atoms with Gasteiger partial charge in [-0.05, 0) is 30.0 Å². The molecule has 6 heteroatoms. The van der Waals surface area contributed by atoms with Crippen LogP contribution in [0.2, 0.25) is 0 Å². The molecule has 4 rings (SSSR count). The van der Waals surface area contributed by atoms with Crippen LogP contribution in [0.25, 0.3) is 21.9 Å². The number of thiophene rings is 1. The maximum atomic E-state index is 4.78. The van der Waals surface area contributed by atoms with Crippen molar-refractivity contribution in [3.05, 3.63) is 54.1 Å². The van der Waals surface area contributed by atoms with Gasteiger partial charge in [-0.3, -0.25) is 0 Å². The number of nitrogens with zero attached hydrogens (tertiary/aromatic N) is 5. The van der Waals surface area contributed by atoms with Gasteiger partial charge in [-0.1, -0.05) is 13.0 Å². The zero-order valence-corrected chi connectivity index (χ0v) is 13.7. The molecule has 0 aliphatic carbocycles. The summed E-state index contributed by atoms with van der Waals surface area (Å²) in [5.74, 6) is 2.01. The molecule has 116 valence electrons. The molecule has 0 spiro atoms. The Balaban J connectivity index is 1.76. The molecule has 0 saturated heterocycles. The highest BCUT2D eigenvalue weighted by Gasteiger charge is 2.14. The predicted octanol–water partition coefficient (Wildman–Crippen LogP) is 3.81. The topological polar surface area (TPSA) is 48.5 Å². The second-order valence-electron chi connectivity index (χ2n) is 5.38. The monoisotopic (exact) mass is 323 g/mol. The number of pyridine rings is 1. The first-order valence-corrected chi connectivity index (χ1v) is 8.60. The van der Waals surface area contributed by atoms with Crippen molar-refractivity contribution >= 4 is 22.5 Å². The third-order valence-electron chi connectivity index (χ3n) is 3.80. The van der Waals surface area contributed by atoms with E-state index in [4.69, 9.17) is 4.98 Å². The van der Waals surface area contributed by atoms with E-state index in [0.717, 1.165) is 35.8 Å². The van der Waals surface area contributed by atoms with Crippen molar-refractivity contribution in [1.82, 2.24) is 24.1 Å². The van der Waals surface area contributed by atoms with Crippen molar-refractivity contribution in [3.8, 4) is 10.7 Å². The molecule has 0 saturated carbocycles. The Labute approximate surface area is 138 Å². The van der Waals surface area contributed by atoms with Crippen LogP contribution in [-0.2, 0) is 13.1 Å². The maximum absolute atomic E-state index is 4.78. The van der Waals surface area contributed by atoms with Crippen molar-refractivity contribution in [3.63, 3.8) is 0 Å². The van der Waals surface area contributed by atoms with Gasteiger partial charge in [0.15, 0.2) is 5.65 Å². The van der Waals surface area contributed by atoms with Crippen LogP contribution in [0.1, 0.15) is 19.2 Å². The molecule has 5 nitrogen and oxygen atoms in total. The quantitative estimate of drug-likeness (QED) is 0.561. The Morgan fingerprint density at radius 2 is 2.09 bits per heavy atom. The average molecular weight is 323 g/mol. The SMILES string of the molecule is CCCn1c(Cn2ccnc2-c2cccs2)nc2cccnc21. The normalized spacial score (nSPS) is 11.3. The summed E-state index contributed by atoms with van der Waals surface area (Å²) < 4.78 is 4.37. The molecule has 0 aliphatic rings. The molecule has 0 radical (unpaired) electrons. The summed E-state index contributed by atoms with van der Waals surface area (Å²) in [6.07, 6.45) is 6.74. The Hall–Kier alpha value is -2.47. The van der Waals surface area contributed by atoms with Gasteiger partial charge in [0.05, 0.1) is 11.4 Å². The van der Waals surface area contributed by atoms with Gasteiger partial charge in [-0.15, -0.1) is 11.3 Å². The lowest BCUT2D eigenvalue weighted by Crippen LogP contribution is -2.09.